The van der Waals surface area contributed by atoms with Crippen LogP contribution in [0.15, 0.2) is 40.9 Å². The summed E-state index contributed by atoms with van der Waals surface area (Å²) in [5.41, 5.74) is 1.80. The molecule has 2 rings (SSSR count). The molecule has 0 saturated carbocycles. The number of hydrogen-bond acceptors (Lipinski definition) is 5. The Morgan fingerprint density at radius 2 is 2.13 bits per heavy atom. The van der Waals surface area contributed by atoms with Crippen molar-refractivity contribution in [3.63, 3.8) is 0 Å². The van der Waals surface area contributed by atoms with E-state index >= 15 is 0 Å². The molecule has 6 nitrogen and oxygen atoms in total. The van der Waals surface area contributed by atoms with Crippen molar-refractivity contribution in [1.29, 1.82) is 0 Å². The van der Waals surface area contributed by atoms with Crippen LogP contribution in [0.3, 0.4) is 0 Å². The van der Waals surface area contributed by atoms with Crippen molar-refractivity contribution in [1.82, 2.24) is 10.5 Å². The Bertz CT molecular complexity index is 612. The van der Waals surface area contributed by atoms with Crippen LogP contribution in [0.5, 0.6) is 0 Å². The molecule has 0 aliphatic heterocycles. The standard InChI is InChI=1S/C17H22N2O4/c1-12-8-15(23-19-12)10-22-11-17(21)18-13(2)16(20)9-14-6-4-3-5-7-14/h3-8,13,16,20H,9-11H2,1-2H3,(H,18,21)/t13-,16+/m1/s1. The van der Waals surface area contributed by atoms with Crippen LogP contribution in [-0.2, 0) is 22.6 Å². The summed E-state index contributed by atoms with van der Waals surface area (Å²) >= 11 is 0. The summed E-state index contributed by atoms with van der Waals surface area (Å²) in [5.74, 6) is 0.299. The predicted molar refractivity (Wildman–Crippen MR) is 84.7 cm³/mol. The van der Waals surface area contributed by atoms with Gasteiger partial charge in [-0.3, -0.25) is 4.79 Å². The van der Waals surface area contributed by atoms with Gasteiger partial charge in [0.1, 0.15) is 13.2 Å². The first-order valence-electron chi connectivity index (χ1n) is 7.56. The maximum atomic E-state index is 11.8. The van der Waals surface area contributed by atoms with E-state index in [1.54, 1.807) is 13.0 Å². The first-order chi connectivity index (χ1) is 11.0. The minimum atomic E-state index is -0.654. The van der Waals surface area contributed by atoms with E-state index in [-0.39, 0.29) is 25.2 Å². The fraction of sp³-hybridized carbons (Fsp3) is 0.412. The lowest BCUT2D eigenvalue weighted by atomic mass is 10.0. The number of aromatic nitrogens is 1. The quantitative estimate of drug-likeness (QED) is 0.772. The zero-order chi connectivity index (χ0) is 16.7. The number of rotatable bonds is 8. The lowest BCUT2D eigenvalue weighted by molar-refractivity contribution is -0.127. The summed E-state index contributed by atoms with van der Waals surface area (Å²) in [4.78, 5) is 11.8. The molecule has 2 atom stereocenters. The first kappa shape index (κ1) is 17.2. The Balaban J connectivity index is 1.69. The fourth-order valence-electron chi connectivity index (χ4n) is 2.15. The van der Waals surface area contributed by atoms with Crippen molar-refractivity contribution < 1.29 is 19.2 Å². The Morgan fingerprint density at radius 1 is 1.39 bits per heavy atom. The van der Waals surface area contributed by atoms with Crippen molar-refractivity contribution in [2.75, 3.05) is 6.61 Å². The molecule has 2 N–H and O–H groups in total. The molecule has 23 heavy (non-hydrogen) atoms. The lowest BCUT2D eigenvalue weighted by Crippen LogP contribution is -2.43. The van der Waals surface area contributed by atoms with E-state index in [1.165, 1.54) is 0 Å². The molecule has 0 bridgehead atoms. The molecular formula is C17H22N2O4. The zero-order valence-electron chi connectivity index (χ0n) is 13.4. The Kier molecular flexibility index (Phi) is 6.31. The van der Waals surface area contributed by atoms with Gasteiger partial charge in [-0.15, -0.1) is 0 Å². The molecule has 0 fully saturated rings. The van der Waals surface area contributed by atoms with Gasteiger partial charge in [-0.1, -0.05) is 35.5 Å². The summed E-state index contributed by atoms with van der Waals surface area (Å²) in [5, 5.41) is 16.6. The number of nitrogens with zero attached hydrogens (tertiary/aromatic N) is 1. The van der Waals surface area contributed by atoms with Gasteiger partial charge in [0.25, 0.3) is 0 Å². The number of hydrogen-bond donors (Lipinski definition) is 2. The molecule has 0 saturated heterocycles. The highest BCUT2D eigenvalue weighted by Crippen LogP contribution is 2.06. The van der Waals surface area contributed by atoms with Crippen LogP contribution in [-0.4, -0.2) is 34.9 Å². The smallest absolute Gasteiger partial charge is 0.246 e. The van der Waals surface area contributed by atoms with Gasteiger partial charge in [-0.05, 0) is 19.4 Å². The minimum absolute atomic E-state index is 0.0951. The average molecular weight is 318 g/mol. The third-order valence-electron chi connectivity index (χ3n) is 3.41. The van der Waals surface area contributed by atoms with Gasteiger partial charge < -0.3 is 19.7 Å². The maximum Gasteiger partial charge on any atom is 0.246 e. The summed E-state index contributed by atoms with van der Waals surface area (Å²) < 4.78 is 10.3. The van der Waals surface area contributed by atoms with Crippen LogP contribution in [0.4, 0.5) is 0 Å². The number of carbonyl (C=O) groups excluding carboxylic acids is 1. The number of benzene rings is 1. The molecule has 0 aliphatic carbocycles. The maximum absolute atomic E-state index is 11.8. The van der Waals surface area contributed by atoms with Gasteiger partial charge in [0, 0.05) is 12.5 Å². The van der Waals surface area contributed by atoms with Crippen molar-refractivity contribution in [2.45, 2.75) is 39.0 Å². The molecule has 124 valence electrons. The number of aliphatic hydroxyl groups excluding tert-OH is 1. The van der Waals surface area contributed by atoms with Crippen LogP contribution in [0.25, 0.3) is 0 Å². The average Bonchev–Trinajstić information content (AvgIpc) is 2.93. The number of carbonyl (C=O) groups is 1. The second kappa shape index (κ2) is 8.45. The topological polar surface area (TPSA) is 84.6 Å². The third-order valence-corrected chi connectivity index (χ3v) is 3.41. The Hall–Kier alpha value is -2.18. The van der Waals surface area contributed by atoms with Gasteiger partial charge in [-0.2, -0.15) is 0 Å². The molecule has 0 spiro atoms. The van der Waals surface area contributed by atoms with Crippen molar-refractivity contribution in [3.8, 4) is 0 Å². The van der Waals surface area contributed by atoms with Gasteiger partial charge in [0.2, 0.25) is 5.91 Å². The van der Waals surface area contributed by atoms with E-state index < -0.39 is 6.10 Å². The molecule has 1 aromatic heterocycles. The molecule has 2 aromatic rings. The molecule has 1 aromatic carbocycles. The van der Waals surface area contributed by atoms with Crippen LogP contribution in [0.2, 0.25) is 0 Å². The molecular weight excluding hydrogens is 296 g/mol. The van der Waals surface area contributed by atoms with E-state index in [0.29, 0.717) is 12.2 Å². The highest BCUT2D eigenvalue weighted by molar-refractivity contribution is 5.77. The van der Waals surface area contributed by atoms with Gasteiger partial charge in [0.05, 0.1) is 17.8 Å². The molecule has 6 heteroatoms. The number of nitrogens with one attached hydrogen (secondary N) is 1. The summed E-state index contributed by atoms with van der Waals surface area (Å²) in [6.07, 6.45) is -0.168. The number of aryl methyl sites for hydroxylation is 1. The van der Waals surface area contributed by atoms with E-state index in [0.717, 1.165) is 11.3 Å². The second-order valence-corrected chi connectivity index (χ2v) is 5.54. The fourth-order valence-corrected chi connectivity index (χ4v) is 2.15. The zero-order valence-corrected chi connectivity index (χ0v) is 13.4. The molecule has 0 unspecified atom stereocenters. The normalized spacial score (nSPS) is 13.5. The minimum Gasteiger partial charge on any atom is -0.391 e. The highest BCUT2D eigenvalue weighted by Gasteiger charge is 2.17. The van der Waals surface area contributed by atoms with Gasteiger partial charge in [0.15, 0.2) is 5.76 Å². The second-order valence-electron chi connectivity index (χ2n) is 5.54. The van der Waals surface area contributed by atoms with Gasteiger partial charge >= 0.3 is 0 Å². The van der Waals surface area contributed by atoms with Crippen LogP contribution in [0, 0.1) is 6.92 Å². The summed E-state index contributed by atoms with van der Waals surface area (Å²) in [6.45, 7) is 3.68. The summed E-state index contributed by atoms with van der Waals surface area (Å²) in [7, 11) is 0. The number of amides is 1. The lowest BCUT2D eigenvalue weighted by Gasteiger charge is -2.20. The van der Waals surface area contributed by atoms with Crippen LogP contribution >= 0.6 is 0 Å². The van der Waals surface area contributed by atoms with Crippen molar-refractivity contribution in [2.24, 2.45) is 0 Å². The highest BCUT2D eigenvalue weighted by atomic mass is 16.5. The van der Waals surface area contributed by atoms with E-state index in [9.17, 15) is 9.90 Å². The van der Waals surface area contributed by atoms with Crippen LogP contribution < -0.4 is 5.32 Å². The Labute approximate surface area is 135 Å². The monoisotopic (exact) mass is 318 g/mol. The van der Waals surface area contributed by atoms with Crippen molar-refractivity contribution >= 4 is 5.91 Å². The summed E-state index contributed by atoms with van der Waals surface area (Å²) in [6, 6.07) is 11.0. The SMILES string of the molecule is Cc1cc(COCC(=O)N[C@H](C)[C@@H](O)Cc2ccccc2)on1. The Morgan fingerprint density at radius 3 is 2.78 bits per heavy atom. The number of ether oxygens (including phenoxy) is 1. The van der Waals surface area contributed by atoms with E-state index in [2.05, 4.69) is 10.5 Å². The predicted octanol–water partition coefficient (Wildman–Crippen LogP) is 1.61. The molecule has 1 heterocycles. The molecule has 0 radical (unpaired) electrons. The van der Waals surface area contributed by atoms with E-state index in [1.807, 2.05) is 37.3 Å². The third kappa shape index (κ3) is 5.84. The van der Waals surface area contributed by atoms with Gasteiger partial charge in [-0.25, -0.2) is 0 Å². The largest absolute Gasteiger partial charge is 0.391 e. The van der Waals surface area contributed by atoms with Crippen molar-refractivity contribution in [3.05, 3.63) is 53.4 Å². The molecule has 0 aliphatic rings. The number of aliphatic hydroxyl groups is 1. The first-order valence-corrected chi connectivity index (χ1v) is 7.56. The van der Waals surface area contributed by atoms with E-state index in [4.69, 9.17) is 9.26 Å². The van der Waals surface area contributed by atoms with Crippen LogP contribution in [0.1, 0.15) is 23.9 Å². The molecule has 1 amide bonds.